The Kier molecular flexibility index (Phi) is 5.83. The van der Waals surface area contributed by atoms with Gasteiger partial charge in [-0.2, -0.15) is 0 Å². The van der Waals surface area contributed by atoms with E-state index in [0.717, 1.165) is 29.9 Å². The van der Waals surface area contributed by atoms with Crippen molar-refractivity contribution in [1.82, 2.24) is 9.88 Å². The van der Waals surface area contributed by atoms with Gasteiger partial charge in [-0.15, -0.1) is 11.3 Å². The predicted molar refractivity (Wildman–Crippen MR) is 113 cm³/mol. The number of anilines is 1. The largest absolute Gasteiger partial charge is 0.338 e. The number of aryl methyl sites for hydroxylation is 1. The Balaban J connectivity index is 1.34. The zero-order chi connectivity index (χ0) is 21.1. The van der Waals surface area contributed by atoms with Gasteiger partial charge in [-0.1, -0.05) is 24.3 Å². The summed E-state index contributed by atoms with van der Waals surface area (Å²) in [5, 5.41) is 1.95. The number of nitrogens with zero attached hydrogens (tertiary/aromatic N) is 2. The van der Waals surface area contributed by atoms with Crippen LogP contribution in [0.25, 0.3) is 0 Å². The Morgan fingerprint density at radius 1 is 1.13 bits per heavy atom. The van der Waals surface area contributed by atoms with Crippen molar-refractivity contribution in [2.75, 3.05) is 11.3 Å². The molecule has 1 aromatic heterocycles. The average molecular weight is 446 g/mol. The SMILES string of the molecule is O=C(CCc1csc(NS(=O)(=O)c2ccc(F)cc2)n1)N1CCc2ccccc2C1. The van der Waals surface area contributed by atoms with E-state index in [2.05, 4.69) is 21.8 Å². The number of fused-ring (bicyclic) bond motifs is 1. The molecule has 2 aromatic carbocycles. The molecule has 1 N–H and O–H groups in total. The molecule has 1 aliphatic rings. The maximum absolute atomic E-state index is 13.0. The van der Waals surface area contributed by atoms with Crippen molar-refractivity contribution >= 4 is 32.4 Å². The van der Waals surface area contributed by atoms with Gasteiger partial charge >= 0.3 is 0 Å². The number of aromatic nitrogens is 1. The second kappa shape index (κ2) is 8.53. The molecule has 0 saturated carbocycles. The first-order valence-electron chi connectivity index (χ1n) is 9.48. The Morgan fingerprint density at radius 2 is 1.87 bits per heavy atom. The Bertz CT molecular complexity index is 1160. The highest BCUT2D eigenvalue weighted by atomic mass is 32.2. The molecule has 2 heterocycles. The van der Waals surface area contributed by atoms with Gasteiger partial charge in [-0.05, 0) is 48.2 Å². The van der Waals surface area contributed by atoms with E-state index in [4.69, 9.17) is 0 Å². The molecule has 1 aliphatic heterocycles. The van der Waals surface area contributed by atoms with Crippen molar-refractivity contribution in [3.63, 3.8) is 0 Å². The number of carbonyl (C=O) groups excluding carboxylic acids is 1. The smallest absolute Gasteiger partial charge is 0.263 e. The lowest BCUT2D eigenvalue weighted by Gasteiger charge is -2.28. The monoisotopic (exact) mass is 445 g/mol. The number of benzene rings is 2. The van der Waals surface area contributed by atoms with Gasteiger partial charge in [0, 0.05) is 24.9 Å². The molecule has 0 saturated heterocycles. The maximum atomic E-state index is 13.0. The second-order valence-electron chi connectivity index (χ2n) is 7.04. The quantitative estimate of drug-likeness (QED) is 0.629. The molecular formula is C21H20FN3O3S2. The summed E-state index contributed by atoms with van der Waals surface area (Å²) in [5.74, 6) is -0.446. The van der Waals surface area contributed by atoms with Crippen molar-refractivity contribution in [2.24, 2.45) is 0 Å². The van der Waals surface area contributed by atoms with Crippen molar-refractivity contribution in [1.29, 1.82) is 0 Å². The van der Waals surface area contributed by atoms with E-state index in [1.165, 1.54) is 23.3 Å². The van der Waals surface area contributed by atoms with E-state index in [-0.39, 0.29) is 15.9 Å². The minimum Gasteiger partial charge on any atom is -0.338 e. The molecule has 0 aliphatic carbocycles. The molecule has 0 unspecified atom stereocenters. The third kappa shape index (κ3) is 4.68. The van der Waals surface area contributed by atoms with Crippen LogP contribution in [0.2, 0.25) is 0 Å². The van der Waals surface area contributed by atoms with Gasteiger partial charge in [-0.3, -0.25) is 9.52 Å². The number of carbonyl (C=O) groups is 1. The fourth-order valence-electron chi connectivity index (χ4n) is 3.36. The van der Waals surface area contributed by atoms with Crippen molar-refractivity contribution in [2.45, 2.75) is 30.7 Å². The number of nitrogens with one attached hydrogen (secondary N) is 1. The number of sulfonamides is 1. The van der Waals surface area contributed by atoms with E-state index >= 15 is 0 Å². The summed E-state index contributed by atoms with van der Waals surface area (Å²) in [5.41, 5.74) is 3.13. The van der Waals surface area contributed by atoms with Crippen LogP contribution in [0.3, 0.4) is 0 Å². The summed E-state index contributed by atoms with van der Waals surface area (Å²) < 4.78 is 40.1. The second-order valence-corrected chi connectivity index (χ2v) is 9.58. The van der Waals surface area contributed by atoms with Crippen molar-refractivity contribution in [3.05, 3.63) is 76.5 Å². The number of hydrogen-bond acceptors (Lipinski definition) is 5. The van der Waals surface area contributed by atoms with Crippen LogP contribution in [-0.4, -0.2) is 30.8 Å². The van der Waals surface area contributed by atoms with Crippen LogP contribution < -0.4 is 4.72 Å². The standard InChI is InChI=1S/C21H20FN3O3S2/c22-17-5-8-19(9-6-17)30(27,28)24-21-23-18(14-29-21)7-10-20(26)25-12-11-15-3-1-2-4-16(15)13-25/h1-6,8-9,14H,7,10-13H2,(H,23,24). The minimum absolute atomic E-state index is 0.0405. The lowest BCUT2D eigenvalue weighted by molar-refractivity contribution is -0.132. The zero-order valence-corrected chi connectivity index (χ0v) is 17.7. The molecule has 0 fully saturated rings. The zero-order valence-electron chi connectivity index (χ0n) is 16.0. The first kappa shape index (κ1) is 20.5. The van der Waals surface area contributed by atoms with Gasteiger partial charge in [0.2, 0.25) is 5.91 Å². The molecule has 0 bridgehead atoms. The topological polar surface area (TPSA) is 79.4 Å². The molecule has 4 rings (SSSR count). The summed E-state index contributed by atoms with van der Waals surface area (Å²) in [4.78, 5) is 18.7. The van der Waals surface area contributed by atoms with Crippen LogP contribution in [0.5, 0.6) is 0 Å². The summed E-state index contributed by atoms with van der Waals surface area (Å²) in [6.45, 7) is 1.32. The van der Waals surface area contributed by atoms with Gasteiger partial charge in [0.05, 0.1) is 10.6 Å². The normalized spacial score (nSPS) is 13.7. The average Bonchev–Trinajstić information content (AvgIpc) is 3.18. The highest BCUT2D eigenvalue weighted by Gasteiger charge is 2.21. The van der Waals surface area contributed by atoms with E-state index in [1.54, 1.807) is 5.38 Å². The van der Waals surface area contributed by atoms with Gasteiger partial charge in [0.25, 0.3) is 10.0 Å². The van der Waals surface area contributed by atoms with Crippen LogP contribution in [0, 0.1) is 5.82 Å². The molecule has 156 valence electrons. The molecule has 0 atom stereocenters. The first-order valence-corrected chi connectivity index (χ1v) is 11.8. The highest BCUT2D eigenvalue weighted by molar-refractivity contribution is 7.93. The van der Waals surface area contributed by atoms with Gasteiger partial charge in [-0.25, -0.2) is 17.8 Å². The first-order chi connectivity index (χ1) is 14.4. The number of rotatable bonds is 6. The molecule has 0 spiro atoms. The van der Waals surface area contributed by atoms with Crippen molar-refractivity contribution in [3.8, 4) is 0 Å². The van der Waals surface area contributed by atoms with Crippen LogP contribution in [0.4, 0.5) is 9.52 Å². The summed E-state index contributed by atoms with van der Waals surface area (Å²) in [6.07, 6.45) is 1.61. The van der Waals surface area contributed by atoms with Gasteiger partial charge in [0.15, 0.2) is 5.13 Å². The molecule has 30 heavy (non-hydrogen) atoms. The number of hydrogen-bond donors (Lipinski definition) is 1. The molecule has 6 nitrogen and oxygen atoms in total. The van der Waals surface area contributed by atoms with E-state index in [1.807, 2.05) is 17.0 Å². The fourth-order valence-corrected chi connectivity index (χ4v) is 5.36. The third-order valence-electron chi connectivity index (χ3n) is 4.98. The summed E-state index contributed by atoms with van der Waals surface area (Å²) in [6, 6.07) is 12.7. The van der Waals surface area contributed by atoms with Crippen LogP contribution in [0.15, 0.2) is 58.8 Å². The van der Waals surface area contributed by atoms with Gasteiger partial charge in [0.1, 0.15) is 5.82 Å². The lowest BCUT2D eigenvalue weighted by Crippen LogP contribution is -2.36. The van der Waals surface area contributed by atoms with Gasteiger partial charge < -0.3 is 4.90 Å². The van der Waals surface area contributed by atoms with Crippen LogP contribution in [0.1, 0.15) is 23.2 Å². The van der Waals surface area contributed by atoms with Crippen molar-refractivity contribution < 1.29 is 17.6 Å². The molecule has 0 radical (unpaired) electrons. The maximum Gasteiger partial charge on any atom is 0.263 e. The van der Waals surface area contributed by atoms with Crippen LogP contribution >= 0.6 is 11.3 Å². The Labute approximate surface area is 178 Å². The van der Waals surface area contributed by atoms with E-state index in [0.29, 0.717) is 31.6 Å². The molecule has 3 aromatic rings. The Morgan fingerprint density at radius 3 is 2.63 bits per heavy atom. The third-order valence-corrected chi connectivity index (χ3v) is 7.27. The number of amides is 1. The lowest BCUT2D eigenvalue weighted by atomic mass is 9.99. The molecular weight excluding hydrogens is 425 g/mol. The molecule has 1 amide bonds. The minimum atomic E-state index is -3.84. The summed E-state index contributed by atoms with van der Waals surface area (Å²) >= 11 is 1.15. The van der Waals surface area contributed by atoms with E-state index in [9.17, 15) is 17.6 Å². The molecule has 9 heteroatoms. The number of thiazole rings is 1. The fraction of sp³-hybridized carbons (Fsp3) is 0.238. The predicted octanol–water partition coefficient (Wildman–Crippen LogP) is 3.60. The van der Waals surface area contributed by atoms with Crippen LogP contribution in [-0.2, 0) is 34.2 Å². The Hall–Kier alpha value is -2.78. The highest BCUT2D eigenvalue weighted by Crippen LogP contribution is 2.22. The summed E-state index contributed by atoms with van der Waals surface area (Å²) in [7, 11) is -3.84. The number of halogens is 1. The van der Waals surface area contributed by atoms with E-state index < -0.39 is 15.8 Å².